The Hall–Kier alpha value is -1.55. The number of para-hydroxylation sites is 1. The van der Waals surface area contributed by atoms with Gasteiger partial charge in [-0.1, -0.05) is 31.0 Å². The fraction of sp³-hybridized carbons (Fsp3) is 0.562. The van der Waals surface area contributed by atoms with Crippen LogP contribution in [0.15, 0.2) is 24.3 Å². The molecule has 0 spiro atoms. The Bertz CT molecular complexity index is 434. The number of carbonyl (C=O) groups excluding carboxylic acids is 1. The first kappa shape index (κ1) is 14.9. The number of ether oxygens (including phenoxy) is 1. The zero-order valence-electron chi connectivity index (χ0n) is 11.9. The largest absolute Gasteiger partial charge is 0.492 e. The lowest BCUT2D eigenvalue weighted by Crippen LogP contribution is -2.37. The van der Waals surface area contributed by atoms with Gasteiger partial charge >= 0.3 is 0 Å². The lowest BCUT2D eigenvalue weighted by Gasteiger charge is -2.24. The molecule has 1 aromatic rings. The zero-order chi connectivity index (χ0) is 14.2. The van der Waals surface area contributed by atoms with Gasteiger partial charge in [-0.05, 0) is 37.4 Å². The summed E-state index contributed by atoms with van der Waals surface area (Å²) in [5.74, 6) is 0.964. The molecule has 1 aliphatic rings. The monoisotopic (exact) mass is 276 g/mol. The Balaban J connectivity index is 1.69. The minimum atomic E-state index is -0.0612. The molecule has 1 unspecified atom stereocenters. The highest BCUT2D eigenvalue weighted by atomic mass is 16.5. The molecule has 1 amide bonds. The SMILES string of the molecule is NCCCCCCNC(=O)C1COc2ccccc2C1. The molecule has 0 aliphatic carbocycles. The van der Waals surface area contributed by atoms with Gasteiger partial charge in [-0.3, -0.25) is 4.79 Å². The van der Waals surface area contributed by atoms with Crippen LogP contribution in [0, 0.1) is 5.92 Å². The second-order valence-electron chi connectivity index (χ2n) is 5.31. The van der Waals surface area contributed by atoms with E-state index in [1.54, 1.807) is 0 Å². The summed E-state index contributed by atoms with van der Waals surface area (Å²) in [7, 11) is 0. The third-order valence-corrected chi connectivity index (χ3v) is 3.68. The van der Waals surface area contributed by atoms with Crippen LogP contribution in [-0.4, -0.2) is 25.6 Å². The molecule has 0 saturated carbocycles. The molecule has 1 atom stereocenters. The average molecular weight is 276 g/mol. The highest BCUT2D eigenvalue weighted by molar-refractivity contribution is 5.79. The number of nitrogens with one attached hydrogen (secondary N) is 1. The Morgan fingerprint density at radius 1 is 1.25 bits per heavy atom. The molecule has 4 heteroatoms. The second kappa shape index (κ2) is 7.90. The Morgan fingerprint density at radius 2 is 2.05 bits per heavy atom. The average Bonchev–Trinajstić information content (AvgIpc) is 2.50. The smallest absolute Gasteiger partial charge is 0.226 e. The van der Waals surface area contributed by atoms with Crippen LogP contribution in [0.1, 0.15) is 31.2 Å². The van der Waals surface area contributed by atoms with Crippen molar-refractivity contribution in [1.82, 2.24) is 5.32 Å². The molecule has 20 heavy (non-hydrogen) atoms. The minimum absolute atomic E-state index is 0.0612. The maximum absolute atomic E-state index is 12.1. The van der Waals surface area contributed by atoms with Crippen molar-refractivity contribution >= 4 is 5.91 Å². The highest BCUT2D eigenvalue weighted by Gasteiger charge is 2.25. The van der Waals surface area contributed by atoms with Crippen LogP contribution in [0.5, 0.6) is 5.75 Å². The predicted octanol–water partition coefficient (Wildman–Crippen LogP) is 1.87. The number of carbonyl (C=O) groups is 1. The van der Waals surface area contributed by atoms with Crippen LogP contribution in [0.3, 0.4) is 0 Å². The van der Waals surface area contributed by atoms with Crippen LogP contribution in [-0.2, 0) is 11.2 Å². The molecule has 2 rings (SSSR count). The van der Waals surface area contributed by atoms with E-state index >= 15 is 0 Å². The van der Waals surface area contributed by atoms with Crippen molar-refractivity contribution in [3.63, 3.8) is 0 Å². The van der Waals surface area contributed by atoms with Crippen molar-refractivity contribution in [3.8, 4) is 5.75 Å². The quantitative estimate of drug-likeness (QED) is 0.747. The summed E-state index contributed by atoms with van der Waals surface area (Å²) in [6.45, 7) is 1.99. The molecule has 1 heterocycles. The van der Waals surface area contributed by atoms with Crippen molar-refractivity contribution in [1.29, 1.82) is 0 Å². The highest BCUT2D eigenvalue weighted by Crippen LogP contribution is 2.26. The summed E-state index contributed by atoms with van der Waals surface area (Å²) in [6.07, 6.45) is 5.14. The van der Waals surface area contributed by atoms with E-state index in [2.05, 4.69) is 5.32 Å². The molecule has 1 aliphatic heterocycles. The Labute approximate surface area is 120 Å². The maximum Gasteiger partial charge on any atom is 0.226 e. The van der Waals surface area contributed by atoms with Crippen molar-refractivity contribution in [2.24, 2.45) is 11.7 Å². The predicted molar refractivity (Wildman–Crippen MR) is 79.7 cm³/mol. The molecular weight excluding hydrogens is 252 g/mol. The third-order valence-electron chi connectivity index (χ3n) is 3.68. The molecule has 3 N–H and O–H groups in total. The Kier molecular flexibility index (Phi) is 5.87. The van der Waals surface area contributed by atoms with Gasteiger partial charge in [-0.2, -0.15) is 0 Å². The van der Waals surface area contributed by atoms with Gasteiger partial charge in [0, 0.05) is 6.54 Å². The number of benzene rings is 1. The van der Waals surface area contributed by atoms with E-state index in [-0.39, 0.29) is 11.8 Å². The summed E-state index contributed by atoms with van der Waals surface area (Å²) >= 11 is 0. The third kappa shape index (κ3) is 4.23. The lowest BCUT2D eigenvalue weighted by molar-refractivity contribution is -0.126. The number of hydrogen-bond donors (Lipinski definition) is 2. The van der Waals surface area contributed by atoms with Crippen LogP contribution in [0.2, 0.25) is 0 Å². The number of rotatable bonds is 7. The molecule has 110 valence electrons. The molecule has 0 bridgehead atoms. The van der Waals surface area contributed by atoms with E-state index in [1.807, 2.05) is 24.3 Å². The van der Waals surface area contributed by atoms with Crippen LogP contribution >= 0.6 is 0 Å². The zero-order valence-corrected chi connectivity index (χ0v) is 11.9. The van der Waals surface area contributed by atoms with Gasteiger partial charge in [0.15, 0.2) is 0 Å². The summed E-state index contributed by atoms with van der Waals surface area (Å²) in [5.41, 5.74) is 6.57. The number of nitrogens with two attached hydrogens (primary N) is 1. The molecule has 4 nitrogen and oxygen atoms in total. The topological polar surface area (TPSA) is 64.3 Å². The van der Waals surface area contributed by atoms with Crippen molar-refractivity contribution in [3.05, 3.63) is 29.8 Å². The van der Waals surface area contributed by atoms with Crippen LogP contribution in [0.25, 0.3) is 0 Å². The fourth-order valence-electron chi connectivity index (χ4n) is 2.48. The molecule has 0 aromatic heterocycles. The molecular formula is C16H24N2O2. The van der Waals surface area contributed by atoms with Gasteiger partial charge in [-0.25, -0.2) is 0 Å². The van der Waals surface area contributed by atoms with E-state index in [0.717, 1.165) is 56.5 Å². The van der Waals surface area contributed by atoms with Gasteiger partial charge < -0.3 is 15.8 Å². The van der Waals surface area contributed by atoms with E-state index < -0.39 is 0 Å². The first-order chi connectivity index (χ1) is 9.81. The summed E-state index contributed by atoms with van der Waals surface area (Å²) < 4.78 is 5.64. The normalized spacial score (nSPS) is 17.1. The van der Waals surface area contributed by atoms with Gasteiger partial charge in [0.2, 0.25) is 5.91 Å². The van der Waals surface area contributed by atoms with Gasteiger partial charge in [0.1, 0.15) is 12.4 Å². The maximum atomic E-state index is 12.1. The standard InChI is InChI=1S/C16H24N2O2/c17-9-5-1-2-6-10-18-16(19)14-11-13-7-3-4-8-15(13)20-12-14/h3-4,7-8,14H,1-2,5-6,9-12,17H2,(H,18,19). The van der Waals surface area contributed by atoms with Gasteiger partial charge in [-0.15, -0.1) is 0 Å². The van der Waals surface area contributed by atoms with Gasteiger partial charge in [0.05, 0.1) is 5.92 Å². The second-order valence-corrected chi connectivity index (χ2v) is 5.31. The van der Waals surface area contributed by atoms with E-state index in [1.165, 1.54) is 0 Å². The van der Waals surface area contributed by atoms with Crippen LogP contribution < -0.4 is 15.8 Å². The van der Waals surface area contributed by atoms with Crippen molar-refractivity contribution in [2.75, 3.05) is 19.7 Å². The fourth-order valence-corrected chi connectivity index (χ4v) is 2.48. The van der Waals surface area contributed by atoms with Gasteiger partial charge in [0.25, 0.3) is 0 Å². The Morgan fingerprint density at radius 3 is 2.90 bits per heavy atom. The minimum Gasteiger partial charge on any atom is -0.492 e. The molecule has 0 saturated heterocycles. The summed E-state index contributed by atoms with van der Waals surface area (Å²) in [6, 6.07) is 7.93. The number of fused-ring (bicyclic) bond motifs is 1. The molecule has 1 aromatic carbocycles. The first-order valence-corrected chi connectivity index (χ1v) is 7.49. The first-order valence-electron chi connectivity index (χ1n) is 7.49. The van der Waals surface area contributed by atoms with E-state index in [4.69, 9.17) is 10.5 Å². The number of unbranched alkanes of at least 4 members (excludes halogenated alkanes) is 3. The van der Waals surface area contributed by atoms with Crippen molar-refractivity contribution in [2.45, 2.75) is 32.1 Å². The number of hydrogen-bond acceptors (Lipinski definition) is 3. The summed E-state index contributed by atoms with van der Waals surface area (Å²) in [4.78, 5) is 12.1. The van der Waals surface area contributed by atoms with Crippen molar-refractivity contribution < 1.29 is 9.53 Å². The van der Waals surface area contributed by atoms with Crippen LogP contribution in [0.4, 0.5) is 0 Å². The lowest BCUT2D eigenvalue weighted by atomic mass is 9.96. The van der Waals surface area contributed by atoms with E-state index in [0.29, 0.717) is 6.61 Å². The summed E-state index contributed by atoms with van der Waals surface area (Å²) in [5, 5.41) is 3.01. The van der Waals surface area contributed by atoms with E-state index in [9.17, 15) is 4.79 Å². The number of amides is 1. The molecule has 0 fully saturated rings. The molecule has 0 radical (unpaired) electrons.